The Labute approximate surface area is 135 Å². The van der Waals surface area contributed by atoms with Gasteiger partial charge < -0.3 is 9.97 Å². The first kappa shape index (κ1) is 17.1. The van der Waals surface area contributed by atoms with Gasteiger partial charge in [-0.3, -0.25) is 9.59 Å². The lowest BCUT2D eigenvalue weighted by Gasteiger charge is -1.94. The molecule has 2 aromatic rings. The van der Waals surface area contributed by atoms with E-state index >= 15 is 0 Å². The summed E-state index contributed by atoms with van der Waals surface area (Å²) >= 11 is 21.3. The Morgan fingerprint density at radius 3 is 1.35 bits per heavy atom. The number of nitrogens with one attached hydrogen (secondary N) is 2. The van der Waals surface area contributed by atoms with Crippen molar-refractivity contribution >= 4 is 58.0 Å². The third-order valence-corrected chi connectivity index (χ3v) is 2.92. The second kappa shape index (κ2) is 8.37. The molecule has 0 amide bonds. The molecule has 0 aliphatic rings. The Kier molecular flexibility index (Phi) is 7.16. The van der Waals surface area contributed by atoms with Crippen molar-refractivity contribution in [3.05, 3.63) is 48.0 Å². The normalized spacial score (nSPS) is 10.3. The van der Waals surface area contributed by atoms with Crippen molar-refractivity contribution in [3.63, 3.8) is 0 Å². The number of alkyl halides is 4. The standard InChI is InChI=1S/2C6H5Cl2NO/c2*7-6(8)5(10)4-2-1-3-9-4/h2*1-3,6,9H. The van der Waals surface area contributed by atoms with E-state index in [1.54, 1.807) is 36.7 Å². The summed E-state index contributed by atoms with van der Waals surface area (Å²) in [6.45, 7) is 0. The van der Waals surface area contributed by atoms with E-state index in [4.69, 9.17) is 46.4 Å². The number of ketones is 2. The topological polar surface area (TPSA) is 65.7 Å². The van der Waals surface area contributed by atoms with Gasteiger partial charge >= 0.3 is 0 Å². The van der Waals surface area contributed by atoms with Crippen LogP contribution in [0.25, 0.3) is 0 Å². The summed E-state index contributed by atoms with van der Waals surface area (Å²) < 4.78 is 0. The molecule has 2 heterocycles. The van der Waals surface area contributed by atoms with Gasteiger partial charge in [0.1, 0.15) is 0 Å². The molecule has 2 aromatic heterocycles. The van der Waals surface area contributed by atoms with Gasteiger partial charge in [0.25, 0.3) is 0 Å². The van der Waals surface area contributed by atoms with Crippen LogP contribution in [0.4, 0.5) is 0 Å². The molecule has 108 valence electrons. The van der Waals surface area contributed by atoms with Crippen LogP contribution < -0.4 is 0 Å². The number of hydrogen-bond donors (Lipinski definition) is 2. The maximum atomic E-state index is 10.9. The van der Waals surface area contributed by atoms with E-state index in [1.165, 1.54) is 0 Å². The fourth-order valence-electron chi connectivity index (χ4n) is 1.20. The average molecular weight is 356 g/mol. The van der Waals surface area contributed by atoms with Gasteiger partial charge in [-0.25, -0.2) is 0 Å². The van der Waals surface area contributed by atoms with E-state index in [0.29, 0.717) is 11.4 Å². The lowest BCUT2D eigenvalue weighted by Crippen LogP contribution is -2.07. The SMILES string of the molecule is O=C(c1ccc[nH]1)C(Cl)Cl.O=C(c1ccc[nH]1)C(Cl)Cl. The number of carbonyl (C=O) groups is 2. The van der Waals surface area contributed by atoms with Crippen molar-refractivity contribution in [3.8, 4) is 0 Å². The fraction of sp³-hybridized carbons (Fsp3) is 0.167. The highest BCUT2D eigenvalue weighted by atomic mass is 35.5. The van der Waals surface area contributed by atoms with Gasteiger partial charge in [0.05, 0.1) is 11.4 Å². The van der Waals surface area contributed by atoms with Crippen LogP contribution in [0.3, 0.4) is 0 Å². The largest absolute Gasteiger partial charge is 0.359 e. The number of H-pyrrole nitrogens is 2. The number of halogens is 4. The summed E-state index contributed by atoms with van der Waals surface area (Å²) in [5, 5.41) is 0. The maximum absolute atomic E-state index is 10.9. The van der Waals surface area contributed by atoms with Gasteiger partial charge in [-0.1, -0.05) is 46.4 Å². The summed E-state index contributed by atoms with van der Waals surface area (Å²) in [4.78, 5) is 25.3. The van der Waals surface area contributed by atoms with E-state index in [0.717, 1.165) is 0 Å². The Balaban J connectivity index is 0.000000200. The highest BCUT2D eigenvalue weighted by molar-refractivity contribution is 6.55. The number of Topliss-reactive ketones (excluding diaryl/α,β-unsaturated/α-hetero) is 2. The molecule has 0 aromatic carbocycles. The van der Waals surface area contributed by atoms with Crippen molar-refractivity contribution in [1.29, 1.82) is 0 Å². The molecule has 0 saturated carbocycles. The molecule has 2 rings (SSSR count). The van der Waals surface area contributed by atoms with Crippen molar-refractivity contribution in [2.24, 2.45) is 0 Å². The number of aromatic nitrogens is 2. The van der Waals surface area contributed by atoms with Crippen LogP contribution >= 0.6 is 46.4 Å². The first-order valence-electron chi connectivity index (χ1n) is 5.35. The van der Waals surface area contributed by atoms with Crippen LogP contribution in [0.1, 0.15) is 21.0 Å². The van der Waals surface area contributed by atoms with E-state index in [-0.39, 0.29) is 11.6 Å². The molecule has 20 heavy (non-hydrogen) atoms. The number of aromatic amines is 2. The van der Waals surface area contributed by atoms with E-state index in [2.05, 4.69) is 9.97 Å². The van der Waals surface area contributed by atoms with Crippen LogP contribution in [-0.2, 0) is 0 Å². The molecule has 0 saturated heterocycles. The molecule has 8 heteroatoms. The van der Waals surface area contributed by atoms with Crippen molar-refractivity contribution in [1.82, 2.24) is 9.97 Å². The Bertz CT molecular complexity index is 486. The third-order valence-electron chi connectivity index (χ3n) is 2.12. The quantitative estimate of drug-likeness (QED) is 0.643. The summed E-state index contributed by atoms with van der Waals surface area (Å²) in [6, 6.07) is 6.67. The minimum atomic E-state index is -0.973. The first-order valence-corrected chi connectivity index (χ1v) is 7.09. The number of rotatable bonds is 4. The van der Waals surface area contributed by atoms with Crippen molar-refractivity contribution < 1.29 is 9.59 Å². The highest BCUT2D eigenvalue weighted by Crippen LogP contribution is 2.10. The van der Waals surface area contributed by atoms with Gasteiger partial charge in [-0.05, 0) is 24.3 Å². The third kappa shape index (κ3) is 5.21. The number of carbonyl (C=O) groups excluding carboxylic acids is 2. The molecule has 0 spiro atoms. The zero-order chi connectivity index (χ0) is 15.1. The summed E-state index contributed by atoms with van der Waals surface area (Å²) in [5.74, 6) is -0.596. The predicted molar refractivity (Wildman–Crippen MR) is 81.2 cm³/mol. The van der Waals surface area contributed by atoms with Gasteiger partial charge in [0.2, 0.25) is 11.6 Å². The summed E-state index contributed by atoms with van der Waals surface area (Å²) in [5.41, 5.74) is 0.880. The lowest BCUT2D eigenvalue weighted by atomic mass is 10.3. The Hall–Kier alpha value is -0.940. The van der Waals surface area contributed by atoms with Crippen molar-refractivity contribution in [2.45, 2.75) is 9.67 Å². The van der Waals surface area contributed by atoms with Crippen LogP contribution in [0.5, 0.6) is 0 Å². The second-order valence-corrected chi connectivity index (χ2v) is 5.69. The van der Waals surface area contributed by atoms with Crippen LogP contribution in [0.15, 0.2) is 36.7 Å². The molecule has 4 nitrogen and oxygen atoms in total. The van der Waals surface area contributed by atoms with E-state index in [9.17, 15) is 9.59 Å². The predicted octanol–water partition coefficient (Wildman–Crippen LogP) is 4.00. The molecule has 0 aliphatic heterocycles. The molecular weight excluding hydrogens is 346 g/mol. The maximum Gasteiger partial charge on any atom is 0.211 e. The molecule has 0 radical (unpaired) electrons. The molecule has 0 unspecified atom stereocenters. The van der Waals surface area contributed by atoms with Gasteiger partial charge in [0, 0.05) is 12.4 Å². The summed E-state index contributed by atoms with van der Waals surface area (Å²) in [7, 11) is 0. The second-order valence-electron chi connectivity index (χ2n) is 3.50. The lowest BCUT2D eigenvalue weighted by molar-refractivity contribution is 0.0995. The Morgan fingerprint density at radius 1 is 0.800 bits per heavy atom. The van der Waals surface area contributed by atoms with Gasteiger partial charge in [0.15, 0.2) is 9.67 Å². The van der Waals surface area contributed by atoms with Gasteiger partial charge in [-0.2, -0.15) is 0 Å². The fourth-order valence-corrected chi connectivity index (χ4v) is 1.67. The van der Waals surface area contributed by atoms with Crippen LogP contribution in [0, 0.1) is 0 Å². The Morgan fingerprint density at radius 2 is 1.15 bits per heavy atom. The molecule has 0 bridgehead atoms. The summed E-state index contributed by atoms with van der Waals surface area (Å²) in [6.07, 6.45) is 3.28. The monoisotopic (exact) mass is 354 g/mol. The van der Waals surface area contributed by atoms with Crippen molar-refractivity contribution in [2.75, 3.05) is 0 Å². The zero-order valence-corrected chi connectivity index (χ0v) is 13.0. The van der Waals surface area contributed by atoms with E-state index < -0.39 is 9.67 Å². The molecular formula is C12H10Cl4N2O2. The molecule has 0 fully saturated rings. The average Bonchev–Trinajstić information content (AvgIpc) is 3.10. The van der Waals surface area contributed by atoms with Gasteiger partial charge in [-0.15, -0.1) is 0 Å². The van der Waals surface area contributed by atoms with E-state index in [1.807, 2.05) is 0 Å². The number of hydrogen-bond acceptors (Lipinski definition) is 2. The minimum Gasteiger partial charge on any atom is -0.359 e. The molecule has 2 N–H and O–H groups in total. The zero-order valence-electron chi connectivity index (χ0n) is 9.95. The molecule has 0 atom stereocenters. The highest BCUT2D eigenvalue weighted by Gasteiger charge is 2.14. The first-order chi connectivity index (χ1) is 9.43. The smallest absolute Gasteiger partial charge is 0.211 e. The van der Waals surface area contributed by atoms with Crippen LogP contribution in [-0.4, -0.2) is 31.2 Å². The van der Waals surface area contributed by atoms with Crippen LogP contribution in [0.2, 0.25) is 0 Å². The minimum absolute atomic E-state index is 0.298. The molecule has 0 aliphatic carbocycles.